The molecule has 0 saturated heterocycles. The molecule has 33 heavy (non-hydrogen) atoms. The second-order valence-corrected chi connectivity index (χ2v) is 7.73. The van der Waals surface area contributed by atoms with E-state index in [4.69, 9.17) is 10.00 Å². The van der Waals surface area contributed by atoms with Crippen LogP contribution in [0.5, 0.6) is 5.88 Å². The van der Waals surface area contributed by atoms with E-state index in [9.17, 15) is 13.6 Å². The number of nitriles is 1. The van der Waals surface area contributed by atoms with Crippen LogP contribution in [0.4, 0.5) is 14.6 Å². The number of carbonyl (C=O) groups excluding carboxylic acids is 1. The molecule has 0 aliphatic heterocycles. The highest BCUT2D eigenvalue weighted by atomic mass is 19.3. The quantitative estimate of drug-likeness (QED) is 0.468. The molecule has 1 unspecified atom stereocenters. The summed E-state index contributed by atoms with van der Waals surface area (Å²) >= 11 is 0. The van der Waals surface area contributed by atoms with Crippen LogP contribution in [-0.4, -0.2) is 53.6 Å². The van der Waals surface area contributed by atoms with Gasteiger partial charge in [-0.05, 0) is 45.4 Å². The van der Waals surface area contributed by atoms with Gasteiger partial charge in [0.2, 0.25) is 11.8 Å². The van der Waals surface area contributed by atoms with E-state index in [-0.39, 0.29) is 36.2 Å². The van der Waals surface area contributed by atoms with E-state index >= 15 is 0 Å². The molecule has 2 aromatic rings. The average Bonchev–Trinajstić information content (AvgIpc) is 2.83. The zero-order chi connectivity index (χ0) is 24.4. The summed E-state index contributed by atoms with van der Waals surface area (Å²) in [6.45, 7) is 7.46. The number of hydrogen-bond acceptors (Lipinski definition) is 6. The molecule has 0 N–H and O–H groups in total. The lowest BCUT2D eigenvalue weighted by atomic mass is 10.0. The standard InChI is InChI=1S/C24H31F2N5O2/c1-5-30(17-18(3)31(6-2)21-10-9-19(15-27)16-29-21)23(32)8-7-12-24(25,26)20-11-13-28-22(14-20)33-4/h9-11,13-14,16,18H,5-8,12,17H2,1-4H3. The van der Waals surface area contributed by atoms with Crippen LogP contribution in [0.25, 0.3) is 0 Å². The van der Waals surface area contributed by atoms with Crippen molar-refractivity contribution in [3.63, 3.8) is 0 Å². The van der Waals surface area contributed by atoms with E-state index in [1.807, 2.05) is 31.7 Å². The molecule has 0 fully saturated rings. The van der Waals surface area contributed by atoms with Crippen LogP contribution in [0.2, 0.25) is 0 Å². The summed E-state index contributed by atoms with van der Waals surface area (Å²) in [7, 11) is 1.38. The second kappa shape index (κ2) is 12.1. The number of aromatic nitrogens is 2. The number of hydrogen-bond donors (Lipinski definition) is 0. The smallest absolute Gasteiger partial charge is 0.273 e. The summed E-state index contributed by atoms with van der Waals surface area (Å²) in [6.07, 6.45) is 2.48. The Morgan fingerprint density at radius 2 is 2.00 bits per heavy atom. The Bertz CT molecular complexity index is 947. The van der Waals surface area contributed by atoms with Gasteiger partial charge in [-0.15, -0.1) is 0 Å². The predicted molar refractivity (Wildman–Crippen MR) is 122 cm³/mol. The van der Waals surface area contributed by atoms with Crippen molar-refractivity contribution >= 4 is 11.7 Å². The first kappa shape index (κ1) is 26.0. The number of methoxy groups -OCH3 is 1. The molecule has 7 nitrogen and oxygen atoms in total. The maximum absolute atomic E-state index is 14.6. The fourth-order valence-corrected chi connectivity index (χ4v) is 3.66. The van der Waals surface area contributed by atoms with Gasteiger partial charge in [0.1, 0.15) is 11.9 Å². The van der Waals surface area contributed by atoms with Gasteiger partial charge >= 0.3 is 0 Å². The topological polar surface area (TPSA) is 82.4 Å². The van der Waals surface area contributed by atoms with E-state index in [1.165, 1.54) is 31.6 Å². The summed E-state index contributed by atoms with van der Waals surface area (Å²) in [4.78, 5) is 24.7. The van der Waals surface area contributed by atoms with Gasteiger partial charge < -0.3 is 14.5 Å². The lowest BCUT2D eigenvalue weighted by molar-refractivity contribution is -0.131. The molecular formula is C24H31F2N5O2. The molecule has 2 heterocycles. The highest BCUT2D eigenvalue weighted by molar-refractivity contribution is 5.76. The highest BCUT2D eigenvalue weighted by Crippen LogP contribution is 2.34. The van der Waals surface area contributed by atoms with Crippen molar-refractivity contribution in [2.75, 3.05) is 31.6 Å². The van der Waals surface area contributed by atoms with E-state index in [0.29, 0.717) is 25.2 Å². The molecule has 0 saturated carbocycles. The van der Waals surface area contributed by atoms with Crippen molar-refractivity contribution in [3.8, 4) is 11.9 Å². The van der Waals surface area contributed by atoms with Crippen LogP contribution >= 0.6 is 0 Å². The third-order valence-electron chi connectivity index (χ3n) is 5.51. The molecule has 0 bridgehead atoms. The van der Waals surface area contributed by atoms with Crippen molar-refractivity contribution in [2.24, 2.45) is 0 Å². The summed E-state index contributed by atoms with van der Waals surface area (Å²) in [6, 6.07) is 7.99. The summed E-state index contributed by atoms with van der Waals surface area (Å²) in [5, 5.41) is 8.95. The number of likely N-dealkylation sites (N-methyl/N-ethyl adjacent to an activating group) is 2. The molecule has 2 rings (SSSR count). The first-order valence-electron chi connectivity index (χ1n) is 11.0. The molecule has 1 atom stereocenters. The first-order chi connectivity index (χ1) is 15.7. The third-order valence-corrected chi connectivity index (χ3v) is 5.51. The van der Waals surface area contributed by atoms with E-state index in [2.05, 4.69) is 9.97 Å². The van der Waals surface area contributed by atoms with Crippen LogP contribution in [0.1, 0.15) is 51.2 Å². The zero-order valence-corrected chi connectivity index (χ0v) is 19.6. The number of nitrogens with zero attached hydrogens (tertiary/aromatic N) is 5. The van der Waals surface area contributed by atoms with Crippen molar-refractivity contribution in [3.05, 3.63) is 47.8 Å². The first-order valence-corrected chi connectivity index (χ1v) is 11.0. The fourth-order valence-electron chi connectivity index (χ4n) is 3.66. The molecule has 0 aliphatic rings. The maximum Gasteiger partial charge on any atom is 0.273 e. The predicted octanol–water partition coefficient (Wildman–Crippen LogP) is 4.38. The van der Waals surface area contributed by atoms with Gasteiger partial charge in [0.25, 0.3) is 5.92 Å². The molecule has 0 spiro atoms. The van der Waals surface area contributed by atoms with E-state index < -0.39 is 12.3 Å². The van der Waals surface area contributed by atoms with Crippen LogP contribution in [-0.2, 0) is 10.7 Å². The maximum atomic E-state index is 14.6. The van der Waals surface area contributed by atoms with E-state index in [1.54, 1.807) is 17.0 Å². The Balaban J connectivity index is 1.94. The van der Waals surface area contributed by atoms with Gasteiger partial charge in [-0.3, -0.25) is 4.79 Å². The van der Waals surface area contributed by atoms with Gasteiger partial charge in [-0.1, -0.05) is 0 Å². The Kier molecular flexibility index (Phi) is 9.52. The van der Waals surface area contributed by atoms with Crippen LogP contribution in [0.3, 0.4) is 0 Å². The van der Waals surface area contributed by atoms with Crippen LogP contribution in [0.15, 0.2) is 36.7 Å². The number of rotatable bonds is 12. The lowest BCUT2D eigenvalue weighted by Crippen LogP contribution is -2.45. The average molecular weight is 460 g/mol. The van der Waals surface area contributed by atoms with Crippen molar-refractivity contribution in [1.82, 2.24) is 14.9 Å². The monoisotopic (exact) mass is 459 g/mol. The van der Waals surface area contributed by atoms with Crippen molar-refractivity contribution < 1.29 is 18.3 Å². The molecular weight excluding hydrogens is 428 g/mol. The van der Waals surface area contributed by atoms with Gasteiger partial charge in [0, 0.05) is 62.5 Å². The normalized spacial score (nSPS) is 12.0. The number of halogens is 2. The van der Waals surface area contributed by atoms with Crippen LogP contribution in [0, 0.1) is 11.3 Å². The zero-order valence-electron chi connectivity index (χ0n) is 19.6. The summed E-state index contributed by atoms with van der Waals surface area (Å²) in [5.74, 6) is -2.37. The molecule has 0 aliphatic carbocycles. The number of anilines is 1. The minimum atomic E-state index is -3.07. The molecule has 9 heteroatoms. The SMILES string of the molecule is CCN(CC(C)N(CC)c1ccc(C#N)cn1)C(=O)CCCC(F)(F)c1ccnc(OC)c1. The minimum Gasteiger partial charge on any atom is -0.481 e. The number of pyridine rings is 2. The summed E-state index contributed by atoms with van der Waals surface area (Å²) in [5.41, 5.74) is 0.311. The fraction of sp³-hybridized carbons (Fsp3) is 0.500. The van der Waals surface area contributed by atoms with Crippen molar-refractivity contribution in [2.45, 2.75) is 52.0 Å². The molecule has 0 aromatic carbocycles. The number of alkyl halides is 2. The molecule has 2 aromatic heterocycles. The molecule has 0 radical (unpaired) electrons. The number of carbonyl (C=O) groups is 1. The van der Waals surface area contributed by atoms with Gasteiger partial charge in [0.15, 0.2) is 0 Å². The van der Waals surface area contributed by atoms with Crippen molar-refractivity contribution in [1.29, 1.82) is 5.26 Å². The Morgan fingerprint density at radius 3 is 2.58 bits per heavy atom. The molecule has 1 amide bonds. The number of amides is 1. The Morgan fingerprint density at radius 1 is 1.24 bits per heavy atom. The van der Waals surface area contributed by atoms with Gasteiger partial charge in [-0.2, -0.15) is 5.26 Å². The third kappa shape index (κ3) is 7.11. The van der Waals surface area contributed by atoms with E-state index in [0.717, 1.165) is 5.82 Å². The lowest BCUT2D eigenvalue weighted by Gasteiger charge is -2.33. The largest absolute Gasteiger partial charge is 0.481 e. The highest BCUT2D eigenvalue weighted by Gasteiger charge is 2.32. The Labute approximate surface area is 194 Å². The number of ether oxygens (including phenoxy) is 1. The van der Waals surface area contributed by atoms with Gasteiger partial charge in [-0.25, -0.2) is 18.7 Å². The van der Waals surface area contributed by atoms with Gasteiger partial charge in [0.05, 0.1) is 12.7 Å². The second-order valence-electron chi connectivity index (χ2n) is 7.73. The molecule has 178 valence electrons. The summed E-state index contributed by atoms with van der Waals surface area (Å²) < 4.78 is 34.1. The Hall–Kier alpha value is -3.28. The van der Waals surface area contributed by atoms with Crippen LogP contribution < -0.4 is 9.64 Å². The minimum absolute atomic E-state index is 0.0370.